The third-order valence-electron chi connectivity index (χ3n) is 12.0. The fourth-order valence-corrected chi connectivity index (χ4v) is 9.13. The number of amides is 4. The molecule has 4 heterocycles. The largest absolute Gasteiger partial charge is 0.438 e. The molecule has 0 aliphatic heterocycles. The lowest BCUT2D eigenvalue weighted by Crippen LogP contribution is -2.41. The van der Waals surface area contributed by atoms with Gasteiger partial charge in [-0.05, 0) is 155 Å². The zero-order chi connectivity index (χ0) is 49.3. The first kappa shape index (κ1) is 50.7. The van der Waals surface area contributed by atoms with E-state index in [1.54, 1.807) is 54.6 Å². The average molecular weight is 985 g/mol. The summed E-state index contributed by atoms with van der Waals surface area (Å²) in [6, 6.07) is 31.5. The number of rotatable bonds is 16. The molecule has 70 heavy (non-hydrogen) atoms. The Morgan fingerprint density at radius 2 is 0.957 bits per heavy atom. The Labute approximate surface area is 412 Å². The van der Waals surface area contributed by atoms with Crippen LogP contribution in [-0.2, 0) is 32.5 Å². The predicted octanol–water partition coefficient (Wildman–Crippen LogP) is 7.87. The molecule has 4 amide bonds. The molecule has 0 spiro atoms. The minimum Gasteiger partial charge on any atom is -0.438 e. The van der Waals surface area contributed by atoms with Crippen LogP contribution in [0.4, 0.5) is 0 Å². The van der Waals surface area contributed by atoms with Crippen molar-refractivity contribution in [2.75, 3.05) is 12.5 Å². The van der Waals surface area contributed by atoms with Crippen molar-refractivity contribution in [2.24, 2.45) is 11.8 Å². The van der Waals surface area contributed by atoms with Gasteiger partial charge in [0.25, 0.3) is 11.8 Å². The van der Waals surface area contributed by atoms with E-state index in [1.807, 2.05) is 66.9 Å². The fourth-order valence-electron chi connectivity index (χ4n) is 8.09. The quantitative estimate of drug-likeness (QED) is 0.0679. The van der Waals surface area contributed by atoms with Gasteiger partial charge in [-0.1, -0.05) is 12.1 Å². The normalized spacial score (nSPS) is 17.6. The van der Waals surface area contributed by atoms with Crippen molar-refractivity contribution in [3.63, 3.8) is 0 Å². The van der Waals surface area contributed by atoms with E-state index in [4.69, 9.17) is 9.47 Å². The molecule has 6 aromatic rings. The van der Waals surface area contributed by atoms with Crippen LogP contribution in [0.15, 0.2) is 144 Å². The number of pyridine rings is 4. The number of hydrogen-bond donors (Lipinski definition) is 4. The molecule has 4 N–H and O–H groups in total. The number of ether oxygens (including phenoxy) is 2. The molecule has 8 rings (SSSR count). The highest BCUT2D eigenvalue weighted by Crippen LogP contribution is 2.30. The van der Waals surface area contributed by atoms with E-state index >= 15 is 0 Å². The number of carbonyl (C=O) groups excluding carboxylic acids is 4. The Morgan fingerprint density at radius 3 is 1.34 bits per heavy atom. The number of benzene rings is 2. The summed E-state index contributed by atoms with van der Waals surface area (Å²) in [5.41, 5.74) is 2.32. The molecule has 2 saturated carbocycles. The molecular weight excluding hydrogens is 929 g/mol. The van der Waals surface area contributed by atoms with Crippen molar-refractivity contribution in [1.82, 2.24) is 41.2 Å². The van der Waals surface area contributed by atoms with Gasteiger partial charge < -0.3 is 30.7 Å². The number of thioether (sulfide) groups is 1. The van der Waals surface area contributed by atoms with Crippen LogP contribution in [0, 0.1) is 11.8 Å². The molecule has 4 aromatic heterocycles. The standard InChI is InChI=1S/C26H28N4O5S.C26H28N4O3S/c1-36(33,34)22-13-11-21(12-14-22)35-26-23(6-4-16-28-26)25(32)30-19-9-7-18(8-10-19)24(31)29-17-20-5-2-3-15-27-20;1-34-22-13-11-21(12-14-22)33-26-23(6-4-16-28-26)25(32)30-19-9-7-18(8-10-19)24(31)29-17-20-5-2-3-15-27-20/h2-6,11-16,18-19H,7-10,17H2,1H3,(H,29,31)(H,30,32);2-6,11-16,18-19H,7-10,17H2,1H3,(H,29,31)(H,30,32). The van der Waals surface area contributed by atoms with Crippen molar-refractivity contribution < 1.29 is 37.1 Å². The van der Waals surface area contributed by atoms with Gasteiger partial charge in [-0.15, -0.1) is 11.8 Å². The minimum atomic E-state index is -3.32. The topological polar surface area (TPSA) is 221 Å². The minimum absolute atomic E-state index is 0.00951. The molecule has 2 aromatic carbocycles. The molecular formula is C52H56N8O8S2. The van der Waals surface area contributed by atoms with Crippen LogP contribution in [0.1, 0.15) is 83.5 Å². The number of nitrogens with one attached hydrogen (secondary N) is 4. The number of carbonyl (C=O) groups is 4. The Bertz CT molecular complexity index is 2790. The van der Waals surface area contributed by atoms with Crippen molar-refractivity contribution in [2.45, 2.75) is 86.3 Å². The Morgan fingerprint density at radius 1 is 0.543 bits per heavy atom. The Kier molecular flexibility index (Phi) is 18.0. The smallest absolute Gasteiger partial charge is 0.257 e. The maximum atomic E-state index is 13.0. The number of hydrogen-bond acceptors (Lipinski definition) is 13. The molecule has 2 aliphatic rings. The van der Waals surface area contributed by atoms with Gasteiger partial charge in [0.05, 0.1) is 29.4 Å². The van der Waals surface area contributed by atoms with Crippen LogP contribution in [0.25, 0.3) is 0 Å². The van der Waals surface area contributed by atoms with Gasteiger partial charge in [0.15, 0.2) is 9.84 Å². The molecule has 0 atom stereocenters. The first-order valence-electron chi connectivity index (χ1n) is 23.1. The summed E-state index contributed by atoms with van der Waals surface area (Å²) in [6.45, 7) is 0.831. The Balaban J connectivity index is 0.000000207. The highest BCUT2D eigenvalue weighted by atomic mass is 32.2. The molecule has 0 bridgehead atoms. The summed E-state index contributed by atoms with van der Waals surface area (Å²) < 4.78 is 35.0. The van der Waals surface area contributed by atoms with Crippen molar-refractivity contribution >= 4 is 45.2 Å². The second kappa shape index (κ2) is 24.9. The summed E-state index contributed by atoms with van der Waals surface area (Å²) in [5, 5.41) is 12.0. The van der Waals surface area contributed by atoms with E-state index in [9.17, 15) is 27.6 Å². The average Bonchev–Trinajstić information content (AvgIpc) is 3.39. The third kappa shape index (κ3) is 14.9. The van der Waals surface area contributed by atoms with Crippen LogP contribution < -0.4 is 30.7 Å². The number of nitrogens with zero attached hydrogens (tertiary/aromatic N) is 4. The summed E-state index contributed by atoms with van der Waals surface area (Å²) in [7, 11) is -3.32. The van der Waals surface area contributed by atoms with Crippen molar-refractivity contribution in [1.29, 1.82) is 0 Å². The third-order valence-corrected chi connectivity index (χ3v) is 13.9. The van der Waals surface area contributed by atoms with E-state index < -0.39 is 9.84 Å². The summed E-state index contributed by atoms with van der Waals surface area (Å²) in [4.78, 5) is 69.2. The monoisotopic (exact) mass is 984 g/mol. The molecule has 2 fully saturated rings. The molecule has 16 nitrogen and oxygen atoms in total. The van der Waals surface area contributed by atoms with Crippen LogP contribution in [0.5, 0.6) is 23.3 Å². The van der Waals surface area contributed by atoms with E-state index in [2.05, 4.69) is 41.2 Å². The summed E-state index contributed by atoms with van der Waals surface area (Å²) >= 11 is 1.65. The van der Waals surface area contributed by atoms with Gasteiger partial charge in [-0.2, -0.15) is 0 Å². The van der Waals surface area contributed by atoms with Gasteiger partial charge >= 0.3 is 0 Å². The highest BCUT2D eigenvalue weighted by molar-refractivity contribution is 7.98. The second-order valence-electron chi connectivity index (χ2n) is 17.0. The van der Waals surface area contributed by atoms with Gasteiger partial charge in [0.1, 0.15) is 22.6 Å². The van der Waals surface area contributed by atoms with Gasteiger partial charge in [-0.25, -0.2) is 18.4 Å². The first-order valence-corrected chi connectivity index (χ1v) is 26.2. The van der Waals surface area contributed by atoms with Crippen LogP contribution >= 0.6 is 11.8 Å². The lowest BCUT2D eigenvalue weighted by molar-refractivity contribution is -0.127. The Hall–Kier alpha value is -7.18. The van der Waals surface area contributed by atoms with E-state index in [0.717, 1.165) is 48.2 Å². The van der Waals surface area contributed by atoms with Crippen molar-refractivity contribution in [3.8, 4) is 23.3 Å². The van der Waals surface area contributed by atoms with Gasteiger partial charge in [0, 0.05) is 59.9 Å². The highest BCUT2D eigenvalue weighted by Gasteiger charge is 2.30. The number of aromatic nitrogens is 4. The van der Waals surface area contributed by atoms with E-state index in [0.29, 0.717) is 55.8 Å². The zero-order valence-electron chi connectivity index (χ0n) is 39.0. The molecule has 364 valence electrons. The molecule has 18 heteroatoms. The zero-order valence-corrected chi connectivity index (χ0v) is 40.6. The molecule has 2 aliphatic carbocycles. The van der Waals surface area contributed by atoms with E-state index in [-0.39, 0.29) is 69.8 Å². The van der Waals surface area contributed by atoms with Crippen LogP contribution in [0.2, 0.25) is 0 Å². The van der Waals surface area contributed by atoms with Crippen molar-refractivity contribution in [3.05, 3.63) is 156 Å². The van der Waals surface area contributed by atoms with Gasteiger partial charge in [-0.3, -0.25) is 29.1 Å². The summed E-state index contributed by atoms with van der Waals surface area (Å²) in [6.07, 6.45) is 15.4. The first-order chi connectivity index (χ1) is 33.9. The van der Waals surface area contributed by atoms with E-state index in [1.165, 1.54) is 30.5 Å². The maximum Gasteiger partial charge on any atom is 0.257 e. The summed E-state index contributed by atoms with van der Waals surface area (Å²) in [5.74, 6) is 0.800. The van der Waals surface area contributed by atoms with Crippen LogP contribution in [-0.4, -0.2) is 76.6 Å². The lowest BCUT2D eigenvalue weighted by atomic mass is 9.85. The second-order valence-corrected chi connectivity index (χ2v) is 19.9. The molecule has 0 unspecified atom stereocenters. The SMILES string of the molecule is CS(=O)(=O)c1ccc(Oc2ncccc2C(=O)NC2CCC(C(=O)NCc3ccccn3)CC2)cc1.CSc1ccc(Oc2ncccc2C(=O)NC2CCC(C(=O)NCc3ccccn3)CC2)cc1. The van der Waals surface area contributed by atoms with Crippen LogP contribution in [0.3, 0.4) is 0 Å². The number of sulfone groups is 1. The van der Waals surface area contributed by atoms with Gasteiger partial charge in [0.2, 0.25) is 23.6 Å². The fraction of sp³-hybridized carbons (Fsp3) is 0.308. The molecule has 0 radical (unpaired) electrons. The lowest BCUT2D eigenvalue weighted by Gasteiger charge is -2.28. The predicted molar refractivity (Wildman–Crippen MR) is 265 cm³/mol. The maximum absolute atomic E-state index is 13.0. The molecule has 0 saturated heterocycles.